The Hall–Kier alpha value is -3.11. The molecule has 0 radical (unpaired) electrons. The fourth-order valence-electron chi connectivity index (χ4n) is 4.31. The highest BCUT2D eigenvalue weighted by Gasteiger charge is 2.29. The monoisotopic (exact) mass is 527 g/mol. The van der Waals surface area contributed by atoms with Crippen molar-refractivity contribution in [2.24, 2.45) is 0 Å². The minimum atomic E-state index is -1.60. The molecule has 0 spiro atoms. The third-order valence-corrected chi connectivity index (χ3v) is 7.88. The van der Waals surface area contributed by atoms with Crippen LogP contribution in [0.3, 0.4) is 0 Å². The molecule has 1 fully saturated rings. The van der Waals surface area contributed by atoms with E-state index in [2.05, 4.69) is 9.97 Å². The van der Waals surface area contributed by atoms with Crippen molar-refractivity contribution >= 4 is 39.8 Å². The second-order valence-corrected chi connectivity index (χ2v) is 10.3. The van der Waals surface area contributed by atoms with Crippen molar-refractivity contribution in [1.29, 1.82) is 0 Å². The van der Waals surface area contributed by atoms with Crippen LogP contribution in [0.25, 0.3) is 22.0 Å². The number of carbonyl (C=O) groups excluding carboxylic acids is 1. The molecule has 1 N–H and O–H groups in total. The Morgan fingerprint density at radius 2 is 2.14 bits per heavy atom. The number of benzene rings is 2. The average molecular weight is 528 g/mol. The van der Waals surface area contributed by atoms with E-state index in [1.165, 1.54) is 6.20 Å². The Balaban J connectivity index is 1.28. The number of nitrogens with one attached hydrogen (secondary N) is 1. The van der Waals surface area contributed by atoms with Gasteiger partial charge in [0.15, 0.2) is 6.29 Å². The molecule has 5 rings (SSSR count). The minimum Gasteiger partial charge on any atom is -0.491 e. The number of rotatable bonds is 7. The summed E-state index contributed by atoms with van der Waals surface area (Å²) in [5, 5.41) is 1.15. The molecule has 186 valence electrons. The highest BCUT2D eigenvalue weighted by Crippen LogP contribution is 2.30. The zero-order valence-electron chi connectivity index (χ0n) is 19.4. The van der Waals surface area contributed by atoms with E-state index in [0.29, 0.717) is 58.1 Å². The predicted octanol–water partition coefficient (Wildman–Crippen LogP) is 4.95. The summed E-state index contributed by atoms with van der Waals surface area (Å²) in [5.74, 6) is 0.102. The van der Waals surface area contributed by atoms with Crippen LogP contribution in [0.2, 0.25) is 5.02 Å². The van der Waals surface area contributed by atoms with E-state index in [4.69, 9.17) is 21.1 Å². The van der Waals surface area contributed by atoms with Gasteiger partial charge >= 0.3 is 0 Å². The fraction of sp³-hybridized carbons (Fsp3) is 0.231. The van der Waals surface area contributed by atoms with Crippen molar-refractivity contribution < 1.29 is 22.9 Å². The second-order valence-electron chi connectivity index (χ2n) is 8.44. The van der Waals surface area contributed by atoms with Gasteiger partial charge in [0.1, 0.15) is 29.4 Å². The summed E-state index contributed by atoms with van der Waals surface area (Å²) in [7, 11) is -1.60. The number of halogens is 2. The molecular formula is C26H23ClFN3O4S. The number of hydrogen-bond acceptors (Lipinski definition) is 5. The Kier molecular flexibility index (Phi) is 7.15. The first-order valence-electron chi connectivity index (χ1n) is 11.3. The van der Waals surface area contributed by atoms with Crippen LogP contribution in [-0.4, -0.2) is 57.2 Å². The minimum absolute atomic E-state index is 0.244. The van der Waals surface area contributed by atoms with Crippen LogP contribution in [0.15, 0.2) is 59.6 Å². The first kappa shape index (κ1) is 24.6. The van der Waals surface area contributed by atoms with E-state index in [1.54, 1.807) is 46.8 Å². The largest absolute Gasteiger partial charge is 0.491 e. The van der Waals surface area contributed by atoms with Gasteiger partial charge in [-0.15, -0.1) is 0 Å². The molecule has 3 heterocycles. The number of H-pyrrole nitrogens is 1. The first-order chi connectivity index (χ1) is 17.4. The number of aromatic amines is 1. The summed E-state index contributed by atoms with van der Waals surface area (Å²) < 4.78 is 41.2. The molecule has 1 saturated heterocycles. The van der Waals surface area contributed by atoms with E-state index in [0.717, 1.165) is 11.1 Å². The van der Waals surface area contributed by atoms with E-state index >= 15 is 0 Å². The normalized spacial score (nSPS) is 17.2. The van der Waals surface area contributed by atoms with Gasteiger partial charge in [0.05, 0.1) is 17.2 Å². The quantitative estimate of drug-likeness (QED) is 0.272. The summed E-state index contributed by atoms with van der Waals surface area (Å²) in [6.45, 7) is 3.30. The highest BCUT2D eigenvalue weighted by molar-refractivity contribution is 7.83. The maximum Gasteiger partial charge on any atom is 0.220 e. The van der Waals surface area contributed by atoms with Crippen LogP contribution in [0, 0.1) is 12.9 Å². The number of carbonyl (C=O) groups is 1. The third-order valence-electron chi connectivity index (χ3n) is 6.05. The number of pyridine rings is 1. The lowest BCUT2D eigenvalue weighted by atomic mass is 10.0. The molecule has 0 saturated carbocycles. The van der Waals surface area contributed by atoms with Crippen LogP contribution < -0.4 is 4.74 Å². The standard InChI is InChI=1S/C26H23ClFN3O4S/c1-16-11-18(5-6-20(16)21-3-2-8-29-26(21)28)35-15-19-13-31(9-10-34-19)36(33)25-22-12-17(27)4-7-23(22)30-24(25)14-32/h2-8,11-12,14,19,30H,9-10,13,15H2,1H3. The van der Waals surface area contributed by atoms with Gasteiger partial charge < -0.3 is 14.5 Å². The van der Waals surface area contributed by atoms with Crippen molar-refractivity contribution in [2.45, 2.75) is 17.9 Å². The summed E-state index contributed by atoms with van der Waals surface area (Å²) in [6.07, 6.45) is 1.76. The van der Waals surface area contributed by atoms with Crippen molar-refractivity contribution in [3.63, 3.8) is 0 Å². The summed E-state index contributed by atoms with van der Waals surface area (Å²) in [4.78, 5) is 18.8. The molecule has 0 aliphatic carbocycles. The van der Waals surface area contributed by atoms with Gasteiger partial charge in [-0.25, -0.2) is 13.5 Å². The zero-order valence-corrected chi connectivity index (χ0v) is 20.9. The van der Waals surface area contributed by atoms with Crippen LogP contribution in [-0.2, 0) is 15.7 Å². The van der Waals surface area contributed by atoms with Gasteiger partial charge in [0.2, 0.25) is 5.95 Å². The molecule has 1 aliphatic heterocycles. The number of aldehydes is 1. The lowest BCUT2D eigenvalue weighted by Crippen LogP contribution is -2.45. The topological polar surface area (TPSA) is 84.5 Å². The highest BCUT2D eigenvalue weighted by atomic mass is 35.5. The van der Waals surface area contributed by atoms with E-state index in [1.807, 2.05) is 13.0 Å². The number of hydrogen-bond donors (Lipinski definition) is 1. The third kappa shape index (κ3) is 4.92. The average Bonchev–Trinajstić information content (AvgIpc) is 3.25. The Labute approximate surface area is 214 Å². The van der Waals surface area contributed by atoms with Crippen LogP contribution >= 0.6 is 11.6 Å². The van der Waals surface area contributed by atoms with Crippen LogP contribution in [0.4, 0.5) is 4.39 Å². The van der Waals surface area contributed by atoms with Crippen molar-refractivity contribution in [1.82, 2.24) is 14.3 Å². The van der Waals surface area contributed by atoms with Gasteiger partial charge in [-0.3, -0.25) is 4.79 Å². The van der Waals surface area contributed by atoms with E-state index in [-0.39, 0.29) is 18.4 Å². The Bertz CT molecular complexity index is 1460. The Morgan fingerprint density at radius 3 is 2.92 bits per heavy atom. The fourth-order valence-corrected chi connectivity index (χ4v) is 5.93. The van der Waals surface area contributed by atoms with Crippen LogP contribution in [0.5, 0.6) is 5.75 Å². The molecule has 7 nitrogen and oxygen atoms in total. The lowest BCUT2D eigenvalue weighted by molar-refractivity contribution is -0.0237. The summed E-state index contributed by atoms with van der Waals surface area (Å²) in [5.41, 5.74) is 3.00. The van der Waals surface area contributed by atoms with Crippen molar-refractivity contribution in [3.8, 4) is 16.9 Å². The SMILES string of the molecule is Cc1cc(OCC2CN(S(=O)c3c(C=O)[nH]c4ccc(Cl)cc34)CCO2)ccc1-c1cccnc1F. The van der Waals surface area contributed by atoms with E-state index < -0.39 is 16.9 Å². The second kappa shape index (κ2) is 10.5. The van der Waals surface area contributed by atoms with Gasteiger partial charge in [0, 0.05) is 40.8 Å². The molecule has 10 heteroatoms. The van der Waals surface area contributed by atoms with Gasteiger partial charge in [-0.05, 0) is 60.5 Å². The number of nitrogens with zero attached hydrogens (tertiary/aromatic N) is 2. The van der Waals surface area contributed by atoms with Crippen molar-refractivity contribution in [3.05, 3.63) is 77.0 Å². The molecular weight excluding hydrogens is 505 g/mol. The predicted molar refractivity (Wildman–Crippen MR) is 136 cm³/mol. The van der Waals surface area contributed by atoms with E-state index in [9.17, 15) is 13.4 Å². The molecule has 2 aromatic carbocycles. The smallest absolute Gasteiger partial charge is 0.220 e. The maximum absolute atomic E-state index is 14.1. The van der Waals surface area contributed by atoms with Crippen LogP contribution in [0.1, 0.15) is 16.1 Å². The molecule has 0 bridgehead atoms. The number of aromatic nitrogens is 2. The number of fused-ring (bicyclic) bond motifs is 1. The summed E-state index contributed by atoms with van der Waals surface area (Å²) >= 11 is 6.15. The molecule has 4 aromatic rings. The molecule has 1 aliphatic rings. The molecule has 36 heavy (non-hydrogen) atoms. The zero-order chi connectivity index (χ0) is 25.2. The molecule has 0 amide bonds. The number of ether oxygens (including phenoxy) is 2. The van der Waals surface area contributed by atoms with Gasteiger partial charge in [-0.2, -0.15) is 4.39 Å². The number of aryl methyl sites for hydroxylation is 1. The maximum atomic E-state index is 14.1. The first-order valence-corrected chi connectivity index (χ1v) is 12.8. The molecule has 2 aromatic heterocycles. The number of morpholine rings is 1. The lowest BCUT2D eigenvalue weighted by Gasteiger charge is -2.31. The van der Waals surface area contributed by atoms with Crippen molar-refractivity contribution in [2.75, 3.05) is 26.3 Å². The van der Waals surface area contributed by atoms with Gasteiger partial charge in [0.25, 0.3) is 0 Å². The molecule has 2 unspecified atom stereocenters. The summed E-state index contributed by atoms with van der Waals surface area (Å²) in [6, 6.07) is 14.0. The van der Waals surface area contributed by atoms with Gasteiger partial charge in [-0.1, -0.05) is 17.7 Å². The Morgan fingerprint density at radius 1 is 1.28 bits per heavy atom. The molecule has 2 atom stereocenters.